The highest BCUT2D eigenvalue weighted by molar-refractivity contribution is 5.98. The van der Waals surface area contributed by atoms with Gasteiger partial charge in [-0.25, -0.2) is 92.8 Å². The van der Waals surface area contributed by atoms with E-state index < -0.39 is 218 Å². The number of nitrogens with one attached hydrogen (secondary N) is 2. The minimum atomic E-state index is -2.71. The monoisotopic (exact) mass is 1050 g/mol. The van der Waals surface area contributed by atoms with Crippen molar-refractivity contribution in [2.45, 2.75) is 11.8 Å². The minimum absolute atomic E-state index is 0.237. The van der Waals surface area contributed by atoms with Crippen LogP contribution in [0.5, 0.6) is 0 Å². The Bertz CT molecular complexity index is 3520. The Labute approximate surface area is 392 Å². The number of hydrogen-bond donors (Lipinski definition) is 2. The van der Waals surface area contributed by atoms with Crippen molar-refractivity contribution in [2.75, 3.05) is 27.2 Å². The first-order valence-electron chi connectivity index (χ1n) is 20.7. The molecule has 10 rings (SSSR count). The van der Waals surface area contributed by atoms with E-state index in [4.69, 9.17) is 0 Å². The van der Waals surface area contributed by atoms with E-state index in [9.17, 15) is 17.6 Å². The van der Waals surface area contributed by atoms with Gasteiger partial charge in [-0.2, -0.15) is 0 Å². The second-order valence-corrected chi connectivity index (χ2v) is 17.5. The van der Waals surface area contributed by atoms with Crippen LogP contribution in [0.15, 0.2) is 24.3 Å². The average molecular weight is 1050 g/mol. The van der Waals surface area contributed by atoms with Crippen LogP contribution in [0.4, 0.5) is 87.8 Å². The molecule has 0 aliphatic carbocycles. The van der Waals surface area contributed by atoms with Crippen LogP contribution in [0, 0.1) is 116 Å². The van der Waals surface area contributed by atoms with Crippen LogP contribution in [0.2, 0.25) is 0 Å². The van der Waals surface area contributed by atoms with Crippen LogP contribution in [0.25, 0.3) is 78.7 Å². The smallest absolute Gasteiger partial charge is 0.200 e. The fourth-order valence-corrected chi connectivity index (χ4v) is 9.64. The van der Waals surface area contributed by atoms with Gasteiger partial charge in [-0.15, -0.1) is 0 Å². The van der Waals surface area contributed by atoms with E-state index in [1.54, 1.807) is 0 Å². The van der Waals surface area contributed by atoms with E-state index in [0.717, 1.165) is 0 Å². The van der Waals surface area contributed by atoms with Crippen LogP contribution in [-0.2, 0) is 0 Å². The molecule has 73 heavy (non-hydrogen) atoms. The molecule has 3 aromatic heterocycles. The largest absolute Gasteiger partial charge is 0.354 e. The summed E-state index contributed by atoms with van der Waals surface area (Å²) in [6.07, 6.45) is 1.26. The molecule has 2 atom stereocenters. The van der Waals surface area contributed by atoms with Crippen LogP contribution in [0.1, 0.15) is 34.6 Å². The number of quaternary nitrogens is 1. The summed E-state index contributed by atoms with van der Waals surface area (Å²) in [4.78, 5) is 13.1. The number of aromatic amines is 2. The second-order valence-electron chi connectivity index (χ2n) is 17.5. The molecular weight excluding hydrogens is 1030 g/mol. The molecule has 7 aromatic rings. The van der Waals surface area contributed by atoms with E-state index in [0.29, 0.717) is 36.4 Å². The number of rotatable bonds is 4. The number of benzene rings is 4. The summed E-state index contributed by atoms with van der Waals surface area (Å²) < 4.78 is 309. The van der Waals surface area contributed by atoms with Gasteiger partial charge in [0.05, 0.1) is 84.1 Å². The Morgan fingerprint density at radius 2 is 0.534 bits per heavy atom. The lowest BCUT2D eigenvalue weighted by Crippen LogP contribution is -2.37. The molecule has 5 nitrogen and oxygen atoms in total. The van der Waals surface area contributed by atoms with Crippen LogP contribution in [0.3, 0.4) is 0 Å². The summed E-state index contributed by atoms with van der Waals surface area (Å²) in [5, 5.41) is 0. The molecule has 0 radical (unpaired) electrons. The zero-order valence-electron chi connectivity index (χ0n) is 35.9. The molecule has 0 amide bonds. The van der Waals surface area contributed by atoms with Crippen LogP contribution in [-0.4, -0.2) is 51.6 Å². The van der Waals surface area contributed by atoms with Crippen LogP contribution < -0.4 is 0 Å². The van der Waals surface area contributed by atoms with E-state index >= 15 is 70.2 Å². The molecule has 0 saturated carbocycles. The molecule has 0 spiro atoms. The number of likely N-dealkylation sites (N-methyl/N-ethyl adjacent to an activating group) is 1. The zero-order chi connectivity index (χ0) is 52.9. The summed E-state index contributed by atoms with van der Waals surface area (Å²) in [6, 6.07) is 2.79. The Morgan fingerprint density at radius 1 is 0.315 bits per heavy atom. The molecule has 8 bridgehead atoms. The maximum absolute atomic E-state index is 16.3. The van der Waals surface area contributed by atoms with E-state index in [1.165, 1.54) is 14.1 Å². The van der Waals surface area contributed by atoms with Gasteiger partial charge in [0.15, 0.2) is 93.1 Å². The molecule has 1 fully saturated rings. The van der Waals surface area contributed by atoms with Crippen molar-refractivity contribution in [1.82, 2.24) is 19.9 Å². The maximum Gasteiger partial charge on any atom is 0.200 e. The summed E-state index contributed by atoms with van der Waals surface area (Å²) in [7, 11) is 2.96. The molecule has 6 heterocycles. The van der Waals surface area contributed by atoms with Gasteiger partial charge in [-0.1, -0.05) is 0 Å². The highest BCUT2D eigenvalue weighted by atomic mass is 19.2. The van der Waals surface area contributed by atoms with Gasteiger partial charge in [0.25, 0.3) is 0 Å². The lowest BCUT2D eigenvalue weighted by molar-refractivity contribution is -0.879. The van der Waals surface area contributed by atoms with Gasteiger partial charge in [0.1, 0.15) is 0 Å². The van der Waals surface area contributed by atoms with Gasteiger partial charge >= 0.3 is 0 Å². The summed E-state index contributed by atoms with van der Waals surface area (Å²) in [6.45, 7) is -0.611. The van der Waals surface area contributed by atoms with Gasteiger partial charge in [-0.05, 0) is 36.4 Å². The highest BCUT2D eigenvalue weighted by Gasteiger charge is 2.50. The topological polar surface area (TPSA) is 57.4 Å². The van der Waals surface area contributed by atoms with E-state index in [2.05, 4.69) is 19.9 Å². The minimum Gasteiger partial charge on any atom is -0.354 e. The summed E-state index contributed by atoms with van der Waals surface area (Å²) in [5.74, 6) is -55.1. The predicted octanol–water partition coefficient (Wildman–Crippen LogP) is 13.9. The molecule has 376 valence electrons. The first-order valence-corrected chi connectivity index (χ1v) is 20.7. The number of fused-ring (bicyclic) bond motifs is 11. The molecule has 2 unspecified atom stereocenters. The van der Waals surface area contributed by atoms with Gasteiger partial charge in [0.2, 0.25) is 23.3 Å². The van der Waals surface area contributed by atoms with Crippen molar-refractivity contribution >= 4 is 34.2 Å². The number of halogens is 20. The van der Waals surface area contributed by atoms with Crippen molar-refractivity contribution in [3.8, 4) is 44.5 Å². The second kappa shape index (κ2) is 16.7. The first-order chi connectivity index (χ1) is 34.3. The van der Waals surface area contributed by atoms with E-state index in [-0.39, 0.29) is 17.6 Å². The number of H-pyrrole nitrogens is 2. The Hall–Kier alpha value is -7.70. The third-order valence-corrected chi connectivity index (χ3v) is 12.8. The fourth-order valence-electron chi connectivity index (χ4n) is 9.64. The Morgan fingerprint density at radius 3 is 0.795 bits per heavy atom. The lowest BCUT2D eigenvalue weighted by Gasteiger charge is -2.24. The summed E-state index contributed by atoms with van der Waals surface area (Å²) >= 11 is 0. The quantitative estimate of drug-likeness (QED) is 0.0799. The van der Waals surface area contributed by atoms with Crippen molar-refractivity contribution in [3.05, 3.63) is 163 Å². The number of nitrogens with zero attached hydrogens (tertiary/aromatic N) is 3. The SMILES string of the molecule is C[N+]1(C)CC2c3nc(c(-c4c(F)c(F)c(F)c(F)c4F)c4ccc([nH]4)c(-c4c(F)c(F)c(F)c(F)c4F)c4nc(c(-c5c(F)c(F)c(F)c(F)c5F)c5ccc([nH]5)c3-c3c(F)c(F)c(F)c(F)c3F)C=C4)C2C1. The average Bonchev–Trinajstić information content (AvgIpc) is 4.23. The van der Waals surface area contributed by atoms with Crippen molar-refractivity contribution in [1.29, 1.82) is 0 Å². The van der Waals surface area contributed by atoms with Crippen molar-refractivity contribution in [2.24, 2.45) is 0 Å². The Kier molecular flexibility index (Phi) is 11.2. The molecular formula is C48H20F20N5+. The molecule has 3 aliphatic rings. The standard InChI is InChI=1S/C48H20F20N5/c1-73(2)9-11-12(10-73)48-22(26-33(55)41(63)46(68)42(64)34(26)56)18-8-6-16(71-18)20(24-29(51)37(59)44(66)38(60)30(24)52)14-4-3-13(69-14)19(23-27(49)35(57)43(65)36(58)28(23)50)15-5-7-17(70-15)21(47(11)72-48)25-31(53)39(61)45(67)40(62)32(25)54/h3-8,11-12,70-71H,9-10H2,1-2H3/q+1. The van der Waals surface area contributed by atoms with Crippen molar-refractivity contribution in [3.63, 3.8) is 0 Å². The molecule has 25 heteroatoms. The fraction of sp³-hybridized carbons (Fsp3) is 0.125. The zero-order valence-corrected chi connectivity index (χ0v) is 35.9. The highest BCUT2D eigenvalue weighted by Crippen LogP contribution is 2.53. The third kappa shape index (κ3) is 6.96. The molecule has 1 saturated heterocycles. The predicted molar refractivity (Wildman–Crippen MR) is 218 cm³/mol. The number of aromatic nitrogens is 4. The summed E-state index contributed by atoms with van der Waals surface area (Å²) in [5.41, 5.74) is -19.2. The number of hydrogen-bond acceptors (Lipinski definition) is 2. The van der Waals surface area contributed by atoms with Gasteiger partial charge in [0, 0.05) is 44.3 Å². The maximum atomic E-state index is 16.3. The molecule has 3 aliphatic heterocycles. The van der Waals surface area contributed by atoms with Gasteiger partial charge < -0.3 is 14.5 Å². The lowest BCUT2D eigenvalue weighted by atomic mass is 9.86. The molecule has 4 aromatic carbocycles. The van der Waals surface area contributed by atoms with E-state index in [1.807, 2.05) is 0 Å². The number of likely N-dealkylation sites (tertiary alicyclic amines) is 1. The van der Waals surface area contributed by atoms with Crippen molar-refractivity contribution < 1.29 is 92.3 Å². The van der Waals surface area contributed by atoms with Crippen LogP contribution >= 0.6 is 0 Å². The van der Waals surface area contributed by atoms with Gasteiger partial charge in [-0.3, -0.25) is 4.98 Å². The normalized spacial score (nSPS) is 16.0. The Balaban J connectivity index is 1.54. The molecule has 2 N–H and O–H groups in total. The third-order valence-electron chi connectivity index (χ3n) is 12.8. The first kappa shape index (κ1) is 48.9.